The van der Waals surface area contributed by atoms with Gasteiger partial charge in [0.15, 0.2) is 11.6 Å². The zero-order valence-electron chi connectivity index (χ0n) is 10.7. The first kappa shape index (κ1) is 13.9. The van der Waals surface area contributed by atoms with Crippen molar-refractivity contribution in [2.75, 3.05) is 14.2 Å². The molecule has 0 heterocycles. The minimum atomic E-state index is -0.736. The SMILES string of the molecule is CNC(C(C)C)C(O)c1ccc(OC)c(F)c1. The van der Waals surface area contributed by atoms with Gasteiger partial charge in [0, 0.05) is 6.04 Å². The fourth-order valence-electron chi connectivity index (χ4n) is 1.93. The molecule has 0 saturated heterocycles. The summed E-state index contributed by atoms with van der Waals surface area (Å²) < 4.78 is 18.4. The molecule has 0 aromatic heterocycles. The molecule has 1 aromatic rings. The molecule has 0 aliphatic carbocycles. The summed E-state index contributed by atoms with van der Waals surface area (Å²) in [4.78, 5) is 0. The third kappa shape index (κ3) is 3.17. The lowest BCUT2D eigenvalue weighted by atomic mass is 9.93. The molecular weight excluding hydrogens is 221 g/mol. The molecule has 2 unspecified atom stereocenters. The lowest BCUT2D eigenvalue weighted by Crippen LogP contribution is -2.36. The lowest BCUT2D eigenvalue weighted by molar-refractivity contribution is 0.109. The highest BCUT2D eigenvalue weighted by Crippen LogP contribution is 2.26. The molecule has 0 aliphatic heterocycles. The highest BCUT2D eigenvalue weighted by atomic mass is 19.1. The quantitative estimate of drug-likeness (QED) is 0.829. The third-order valence-electron chi connectivity index (χ3n) is 2.91. The molecule has 3 nitrogen and oxygen atoms in total. The number of aliphatic hydroxyl groups is 1. The van der Waals surface area contributed by atoms with E-state index in [1.807, 2.05) is 13.8 Å². The summed E-state index contributed by atoms with van der Waals surface area (Å²) in [5.41, 5.74) is 0.552. The van der Waals surface area contributed by atoms with Crippen LogP contribution in [0.3, 0.4) is 0 Å². The molecule has 2 N–H and O–H groups in total. The van der Waals surface area contributed by atoms with Gasteiger partial charge in [0.05, 0.1) is 13.2 Å². The molecule has 1 rings (SSSR count). The zero-order chi connectivity index (χ0) is 13.0. The molecule has 0 amide bonds. The molecule has 2 atom stereocenters. The maximum Gasteiger partial charge on any atom is 0.165 e. The van der Waals surface area contributed by atoms with Crippen LogP contribution in [0.4, 0.5) is 4.39 Å². The Morgan fingerprint density at radius 3 is 2.41 bits per heavy atom. The summed E-state index contributed by atoms with van der Waals surface area (Å²) in [6.07, 6.45) is -0.736. The van der Waals surface area contributed by atoms with Gasteiger partial charge in [0.25, 0.3) is 0 Å². The Balaban J connectivity index is 2.95. The summed E-state index contributed by atoms with van der Waals surface area (Å²) in [7, 11) is 3.20. The second-order valence-electron chi connectivity index (χ2n) is 4.40. The molecule has 4 heteroatoms. The van der Waals surface area contributed by atoms with Crippen molar-refractivity contribution in [1.29, 1.82) is 0 Å². The van der Waals surface area contributed by atoms with Crippen LogP contribution in [0.25, 0.3) is 0 Å². The van der Waals surface area contributed by atoms with E-state index >= 15 is 0 Å². The maximum atomic E-state index is 13.5. The fraction of sp³-hybridized carbons (Fsp3) is 0.538. The molecule has 0 bridgehead atoms. The Hall–Kier alpha value is -1.13. The smallest absolute Gasteiger partial charge is 0.165 e. The van der Waals surface area contributed by atoms with E-state index in [1.165, 1.54) is 19.2 Å². The molecule has 0 spiro atoms. The zero-order valence-corrected chi connectivity index (χ0v) is 10.7. The van der Waals surface area contributed by atoms with Gasteiger partial charge in [-0.2, -0.15) is 0 Å². The Labute approximate surface area is 102 Å². The first-order valence-electron chi connectivity index (χ1n) is 5.70. The Kier molecular flexibility index (Phi) is 4.90. The predicted molar refractivity (Wildman–Crippen MR) is 65.6 cm³/mol. The van der Waals surface area contributed by atoms with E-state index in [4.69, 9.17) is 4.74 Å². The number of rotatable bonds is 5. The maximum absolute atomic E-state index is 13.5. The minimum absolute atomic E-state index is 0.109. The normalized spacial score (nSPS) is 14.8. The van der Waals surface area contributed by atoms with Crippen molar-refractivity contribution in [3.63, 3.8) is 0 Å². The van der Waals surface area contributed by atoms with Crippen LogP contribution >= 0.6 is 0 Å². The molecule has 1 aromatic carbocycles. The lowest BCUT2D eigenvalue weighted by Gasteiger charge is -2.26. The number of ether oxygens (including phenoxy) is 1. The van der Waals surface area contributed by atoms with Crippen LogP contribution in [0.1, 0.15) is 25.5 Å². The molecule has 0 radical (unpaired) electrons. The van der Waals surface area contributed by atoms with E-state index < -0.39 is 11.9 Å². The van der Waals surface area contributed by atoms with Gasteiger partial charge in [-0.3, -0.25) is 0 Å². The number of halogens is 1. The van der Waals surface area contributed by atoms with E-state index in [1.54, 1.807) is 13.1 Å². The van der Waals surface area contributed by atoms with Gasteiger partial charge in [0.2, 0.25) is 0 Å². The number of aliphatic hydroxyl groups excluding tert-OH is 1. The van der Waals surface area contributed by atoms with E-state index in [2.05, 4.69) is 5.32 Å². The molecule has 17 heavy (non-hydrogen) atoms. The van der Waals surface area contributed by atoms with Gasteiger partial charge in [-0.15, -0.1) is 0 Å². The Bertz CT molecular complexity index is 368. The Morgan fingerprint density at radius 2 is 2.00 bits per heavy atom. The van der Waals surface area contributed by atoms with E-state index in [0.29, 0.717) is 5.56 Å². The topological polar surface area (TPSA) is 41.5 Å². The van der Waals surface area contributed by atoms with E-state index in [0.717, 1.165) is 0 Å². The van der Waals surface area contributed by atoms with Crippen LogP contribution in [0.15, 0.2) is 18.2 Å². The van der Waals surface area contributed by atoms with E-state index in [-0.39, 0.29) is 17.7 Å². The summed E-state index contributed by atoms with van der Waals surface area (Å²) in [6, 6.07) is 4.42. The molecule has 96 valence electrons. The standard InChI is InChI=1S/C13H20FNO2/c1-8(2)12(15-3)13(16)9-5-6-11(17-4)10(14)7-9/h5-8,12-13,15-16H,1-4H3. The summed E-state index contributed by atoms with van der Waals surface area (Å²) in [6.45, 7) is 4.01. The van der Waals surface area contributed by atoms with Crippen LogP contribution in [0.5, 0.6) is 5.75 Å². The van der Waals surface area contributed by atoms with Gasteiger partial charge in [-0.05, 0) is 30.7 Å². The van der Waals surface area contributed by atoms with Crippen LogP contribution in [-0.4, -0.2) is 25.3 Å². The first-order chi connectivity index (χ1) is 8.01. The van der Waals surface area contributed by atoms with Gasteiger partial charge in [-0.1, -0.05) is 19.9 Å². The van der Waals surface area contributed by atoms with Crippen LogP contribution in [-0.2, 0) is 0 Å². The van der Waals surface area contributed by atoms with Crippen LogP contribution < -0.4 is 10.1 Å². The average molecular weight is 241 g/mol. The highest BCUT2D eigenvalue weighted by molar-refractivity contribution is 5.31. The van der Waals surface area contributed by atoms with Gasteiger partial charge < -0.3 is 15.2 Å². The van der Waals surface area contributed by atoms with Crippen molar-refractivity contribution >= 4 is 0 Å². The monoisotopic (exact) mass is 241 g/mol. The van der Waals surface area contributed by atoms with E-state index in [9.17, 15) is 9.50 Å². The van der Waals surface area contributed by atoms with Crippen molar-refractivity contribution in [2.45, 2.75) is 26.0 Å². The second kappa shape index (κ2) is 5.98. The predicted octanol–water partition coefficient (Wildman–Crippen LogP) is 2.11. The summed E-state index contributed by atoms with van der Waals surface area (Å²) in [5, 5.41) is 13.2. The number of hydrogen-bond acceptors (Lipinski definition) is 3. The molecule has 0 saturated carbocycles. The average Bonchev–Trinajstić information content (AvgIpc) is 2.29. The molecular formula is C13H20FNO2. The second-order valence-corrected chi connectivity index (χ2v) is 4.40. The fourth-order valence-corrected chi connectivity index (χ4v) is 1.93. The summed E-state index contributed by atoms with van der Waals surface area (Å²) >= 11 is 0. The number of likely N-dealkylation sites (N-methyl/N-ethyl adjacent to an activating group) is 1. The van der Waals surface area contributed by atoms with Crippen molar-refractivity contribution < 1.29 is 14.2 Å². The van der Waals surface area contributed by atoms with Gasteiger partial charge in [0.1, 0.15) is 0 Å². The number of nitrogens with one attached hydrogen (secondary N) is 1. The number of hydrogen-bond donors (Lipinski definition) is 2. The largest absolute Gasteiger partial charge is 0.494 e. The van der Waals surface area contributed by atoms with Gasteiger partial charge in [-0.25, -0.2) is 4.39 Å². The van der Waals surface area contributed by atoms with Gasteiger partial charge >= 0.3 is 0 Å². The molecule has 0 fully saturated rings. The Morgan fingerprint density at radius 1 is 1.35 bits per heavy atom. The van der Waals surface area contributed by atoms with Crippen molar-refractivity contribution in [3.8, 4) is 5.75 Å². The van der Waals surface area contributed by atoms with Crippen LogP contribution in [0, 0.1) is 11.7 Å². The highest BCUT2D eigenvalue weighted by Gasteiger charge is 2.23. The molecule has 0 aliphatic rings. The van der Waals surface area contributed by atoms with Crippen LogP contribution in [0.2, 0.25) is 0 Å². The van der Waals surface area contributed by atoms with Crippen molar-refractivity contribution in [3.05, 3.63) is 29.6 Å². The van der Waals surface area contributed by atoms with Crippen molar-refractivity contribution in [1.82, 2.24) is 5.32 Å². The third-order valence-corrected chi connectivity index (χ3v) is 2.91. The first-order valence-corrected chi connectivity index (χ1v) is 5.70. The minimum Gasteiger partial charge on any atom is -0.494 e. The number of methoxy groups -OCH3 is 1. The summed E-state index contributed by atoms with van der Waals surface area (Å²) in [5.74, 6) is -0.0191. The van der Waals surface area contributed by atoms with Crippen molar-refractivity contribution in [2.24, 2.45) is 5.92 Å². The number of benzene rings is 1.